The number of amides is 1. The Balaban J connectivity index is 1.35. The maximum Gasteiger partial charge on any atom is 0.265 e. The number of carbonyl (C=O) groups excluding carboxylic acids is 1. The second-order valence-electron chi connectivity index (χ2n) is 6.60. The molecule has 10 heteroatoms. The van der Waals surface area contributed by atoms with Crippen molar-refractivity contribution in [1.29, 1.82) is 0 Å². The molecule has 31 heavy (non-hydrogen) atoms. The molecule has 160 valence electrons. The number of carbonyl (C=O) groups is 1. The minimum atomic E-state index is -0.518. The Hall–Kier alpha value is -2.92. The van der Waals surface area contributed by atoms with Crippen LogP contribution in [-0.4, -0.2) is 47.2 Å². The van der Waals surface area contributed by atoms with Crippen molar-refractivity contribution in [2.45, 2.75) is 0 Å². The Labute approximate surface area is 186 Å². The second-order valence-corrected chi connectivity index (χ2v) is 8.66. The second kappa shape index (κ2) is 9.92. The maximum absolute atomic E-state index is 13.0. The Morgan fingerprint density at radius 1 is 1.03 bits per heavy atom. The summed E-state index contributed by atoms with van der Waals surface area (Å²) in [6, 6.07) is 12.1. The van der Waals surface area contributed by atoms with Gasteiger partial charge in [0.05, 0.1) is 16.2 Å². The average molecular weight is 458 g/mol. The molecule has 0 aliphatic rings. The number of nitrogens with zero attached hydrogens (tertiary/aromatic N) is 2. The number of aliphatic hydroxyl groups is 1. The van der Waals surface area contributed by atoms with Crippen molar-refractivity contribution in [3.05, 3.63) is 59.5 Å². The van der Waals surface area contributed by atoms with Gasteiger partial charge in [-0.2, -0.15) is 4.39 Å². The predicted molar refractivity (Wildman–Crippen MR) is 124 cm³/mol. The molecule has 1 amide bonds. The number of aromatic nitrogens is 2. The number of benzene rings is 1. The lowest BCUT2D eigenvalue weighted by Gasteiger charge is -2.06. The standard InChI is InChI=1S/C21H20FN5O2S2/c22-18-6-3-14(12-25-18)13-1-4-15(5-2-13)26-19(29)16-11-17-20(30-16)27-21(31-17)24-8-7-23-9-10-28/h1-6,11-12,23,28H,7-10H2,(H,24,27)(H,26,29). The molecule has 0 bridgehead atoms. The zero-order valence-corrected chi connectivity index (χ0v) is 18.0. The Bertz CT molecular complexity index is 1130. The molecule has 0 aliphatic carbocycles. The minimum absolute atomic E-state index is 0.119. The van der Waals surface area contributed by atoms with E-state index in [-0.39, 0.29) is 12.5 Å². The van der Waals surface area contributed by atoms with Gasteiger partial charge in [-0.05, 0) is 35.9 Å². The van der Waals surface area contributed by atoms with Crippen LogP contribution in [0.4, 0.5) is 15.2 Å². The van der Waals surface area contributed by atoms with Gasteiger partial charge in [0, 0.05) is 37.1 Å². The molecule has 1 aromatic carbocycles. The lowest BCUT2D eigenvalue weighted by molar-refractivity contribution is 0.103. The van der Waals surface area contributed by atoms with Gasteiger partial charge in [0.1, 0.15) is 4.83 Å². The highest BCUT2D eigenvalue weighted by atomic mass is 32.1. The van der Waals surface area contributed by atoms with Crippen LogP contribution in [0.15, 0.2) is 48.7 Å². The van der Waals surface area contributed by atoms with Crippen molar-refractivity contribution in [1.82, 2.24) is 15.3 Å². The molecule has 0 atom stereocenters. The largest absolute Gasteiger partial charge is 0.395 e. The monoisotopic (exact) mass is 457 g/mol. The van der Waals surface area contributed by atoms with E-state index in [0.717, 1.165) is 32.3 Å². The summed E-state index contributed by atoms with van der Waals surface area (Å²) in [5.74, 6) is -0.704. The van der Waals surface area contributed by atoms with Gasteiger partial charge in [0.15, 0.2) is 5.13 Å². The van der Waals surface area contributed by atoms with Crippen LogP contribution < -0.4 is 16.0 Å². The molecule has 0 spiro atoms. The number of nitrogens with one attached hydrogen (secondary N) is 3. The number of pyridine rings is 1. The molecule has 0 aliphatic heterocycles. The number of anilines is 2. The first-order chi connectivity index (χ1) is 15.1. The zero-order chi connectivity index (χ0) is 21.6. The van der Waals surface area contributed by atoms with Crippen LogP contribution in [-0.2, 0) is 0 Å². The number of aliphatic hydroxyl groups excluding tert-OH is 1. The average Bonchev–Trinajstić information content (AvgIpc) is 3.34. The number of halogens is 1. The molecule has 3 heterocycles. The van der Waals surface area contributed by atoms with Gasteiger partial charge in [-0.1, -0.05) is 23.5 Å². The molecule has 3 aromatic heterocycles. The van der Waals surface area contributed by atoms with Gasteiger partial charge >= 0.3 is 0 Å². The molecule has 4 rings (SSSR count). The van der Waals surface area contributed by atoms with E-state index in [9.17, 15) is 9.18 Å². The normalized spacial score (nSPS) is 11.0. The number of fused-ring (bicyclic) bond motifs is 1. The van der Waals surface area contributed by atoms with Crippen LogP contribution >= 0.6 is 22.7 Å². The minimum Gasteiger partial charge on any atom is -0.395 e. The zero-order valence-electron chi connectivity index (χ0n) is 16.4. The molecule has 0 radical (unpaired) electrons. The molecule has 0 saturated heterocycles. The van der Waals surface area contributed by atoms with Gasteiger partial charge in [-0.3, -0.25) is 4.79 Å². The summed E-state index contributed by atoms with van der Waals surface area (Å²) in [7, 11) is 0. The summed E-state index contributed by atoms with van der Waals surface area (Å²) in [4.78, 5) is 22.2. The van der Waals surface area contributed by atoms with E-state index < -0.39 is 5.95 Å². The van der Waals surface area contributed by atoms with Gasteiger partial charge in [-0.15, -0.1) is 11.3 Å². The molecule has 7 nitrogen and oxygen atoms in total. The third-order valence-electron chi connectivity index (χ3n) is 4.38. The quantitative estimate of drug-likeness (QED) is 0.225. The SMILES string of the molecule is O=C(Nc1ccc(-c2ccc(F)nc2)cc1)c1cc2sc(NCCNCCO)nc2s1. The van der Waals surface area contributed by atoms with Crippen LogP contribution in [0.1, 0.15) is 9.67 Å². The number of hydrogen-bond donors (Lipinski definition) is 4. The van der Waals surface area contributed by atoms with Crippen molar-refractivity contribution in [3.63, 3.8) is 0 Å². The number of thiazole rings is 1. The van der Waals surface area contributed by atoms with Crippen LogP contribution in [0.5, 0.6) is 0 Å². The predicted octanol–water partition coefficient (Wildman–Crippen LogP) is 3.81. The van der Waals surface area contributed by atoms with E-state index in [1.54, 1.807) is 18.2 Å². The fourth-order valence-electron chi connectivity index (χ4n) is 2.87. The first kappa shape index (κ1) is 21.3. The smallest absolute Gasteiger partial charge is 0.265 e. The van der Waals surface area contributed by atoms with Crippen molar-refractivity contribution in [2.24, 2.45) is 0 Å². The van der Waals surface area contributed by atoms with Crippen LogP contribution in [0.25, 0.3) is 20.7 Å². The van der Waals surface area contributed by atoms with E-state index >= 15 is 0 Å². The first-order valence-electron chi connectivity index (χ1n) is 9.61. The van der Waals surface area contributed by atoms with E-state index in [1.807, 2.05) is 18.2 Å². The van der Waals surface area contributed by atoms with E-state index in [2.05, 4.69) is 25.9 Å². The van der Waals surface area contributed by atoms with Gasteiger partial charge in [-0.25, -0.2) is 9.97 Å². The molecule has 4 aromatic rings. The van der Waals surface area contributed by atoms with E-state index in [1.165, 1.54) is 34.9 Å². The van der Waals surface area contributed by atoms with Gasteiger partial charge < -0.3 is 21.1 Å². The topological polar surface area (TPSA) is 99.2 Å². The van der Waals surface area contributed by atoms with E-state index in [4.69, 9.17) is 5.11 Å². The molecule has 4 N–H and O–H groups in total. The molecule has 0 unspecified atom stereocenters. The van der Waals surface area contributed by atoms with E-state index in [0.29, 0.717) is 23.7 Å². The molecule has 0 saturated carbocycles. The van der Waals surface area contributed by atoms with Gasteiger partial charge in [0.25, 0.3) is 5.91 Å². The Morgan fingerprint density at radius 2 is 1.84 bits per heavy atom. The lowest BCUT2D eigenvalue weighted by atomic mass is 10.1. The lowest BCUT2D eigenvalue weighted by Crippen LogP contribution is -2.24. The Morgan fingerprint density at radius 3 is 2.55 bits per heavy atom. The Kier molecular flexibility index (Phi) is 6.82. The van der Waals surface area contributed by atoms with Crippen molar-refractivity contribution in [3.8, 4) is 11.1 Å². The fraction of sp³-hybridized carbons (Fsp3) is 0.190. The van der Waals surface area contributed by atoms with Crippen LogP contribution in [0.3, 0.4) is 0 Å². The summed E-state index contributed by atoms with van der Waals surface area (Å²) in [5, 5.41) is 18.8. The summed E-state index contributed by atoms with van der Waals surface area (Å²) < 4.78 is 13.9. The molecular formula is C21H20FN5O2S2. The maximum atomic E-state index is 13.0. The highest BCUT2D eigenvalue weighted by Crippen LogP contribution is 2.33. The van der Waals surface area contributed by atoms with Crippen molar-refractivity contribution in [2.75, 3.05) is 36.9 Å². The number of rotatable bonds is 9. The summed E-state index contributed by atoms with van der Waals surface area (Å²) in [5.41, 5.74) is 2.36. The highest BCUT2D eigenvalue weighted by molar-refractivity contribution is 7.29. The van der Waals surface area contributed by atoms with Crippen LogP contribution in [0.2, 0.25) is 0 Å². The summed E-state index contributed by atoms with van der Waals surface area (Å²) in [6.45, 7) is 2.13. The fourth-order valence-corrected chi connectivity index (χ4v) is 4.91. The number of hydrogen-bond acceptors (Lipinski definition) is 8. The summed E-state index contributed by atoms with van der Waals surface area (Å²) in [6.07, 6.45) is 1.48. The molecule has 0 fully saturated rings. The van der Waals surface area contributed by atoms with Gasteiger partial charge in [0.2, 0.25) is 5.95 Å². The van der Waals surface area contributed by atoms with Crippen molar-refractivity contribution < 1.29 is 14.3 Å². The summed E-state index contributed by atoms with van der Waals surface area (Å²) >= 11 is 2.85. The highest BCUT2D eigenvalue weighted by Gasteiger charge is 2.14. The number of thiophene rings is 1. The van der Waals surface area contributed by atoms with Crippen molar-refractivity contribution >= 4 is 48.9 Å². The van der Waals surface area contributed by atoms with Crippen LogP contribution in [0, 0.1) is 5.95 Å². The third kappa shape index (κ3) is 5.42. The molecular weight excluding hydrogens is 437 g/mol. The first-order valence-corrected chi connectivity index (χ1v) is 11.2. The third-order valence-corrected chi connectivity index (χ3v) is 6.50.